The second kappa shape index (κ2) is 4.93. The van der Waals surface area contributed by atoms with Gasteiger partial charge in [0.25, 0.3) is 0 Å². The molecule has 0 radical (unpaired) electrons. The molecule has 1 unspecified atom stereocenters. The van der Waals surface area contributed by atoms with Crippen molar-refractivity contribution in [3.05, 3.63) is 11.9 Å². The van der Waals surface area contributed by atoms with Crippen LogP contribution < -0.4 is 5.32 Å². The molecule has 2 aliphatic rings. The van der Waals surface area contributed by atoms with Crippen LogP contribution in [0.4, 0.5) is 4.79 Å². The van der Waals surface area contributed by atoms with Crippen LogP contribution in [0.5, 0.6) is 0 Å². The van der Waals surface area contributed by atoms with Crippen LogP contribution in [0.3, 0.4) is 0 Å². The molecular weight excluding hydrogens is 234 g/mol. The zero-order valence-electron chi connectivity index (χ0n) is 10.2. The van der Waals surface area contributed by atoms with Crippen molar-refractivity contribution in [3.8, 4) is 0 Å². The van der Waals surface area contributed by atoms with Gasteiger partial charge in [0.1, 0.15) is 0 Å². The summed E-state index contributed by atoms with van der Waals surface area (Å²) in [6.07, 6.45) is 2.99. The van der Waals surface area contributed by atoms with Gasteiger partial charge in [0, 0.05) is 38.4 Å². The van der Waals surface area contributed by atoms with Crippen LogP contribution in [0.25, 0.3) is 0 Å². The Bertz CT molecular complexity index is 427. The standard InChI is InChI=1S/C11H17N5O2/c17-11-12-2-3-15(11)4-5-16-7-10(13-14-16)9-1-6-18-8-9/h7,9H,1-6,8H2,(H,12,17). The highest BCUT2D eigenvalue weighted by Crippen LogP contribution is 2.22. The molecule has 0 spiro atoms. The molecule has 1 aromatic rings. The van der Waals surface area contributed by atoms with Crippen molar-refractivity contribution >= 4 is 6.03 Å². The van der Waals surface area contributed by atoms with Gasteiger partial charge < -0.3 is 15.0 Å². The molecule has 2 amide bonds. The average Bonchev–Trinajstić information content (AvgIpc) is 3.08. The summed E-state index contributed by atoms with van der Waals surface area (Å²) in [5, 5.41) is 11.1. The normalized spacial score (nSPS) is 23.7. The summed E-state index contributed by atoms with van der Waals surface area (Å²) in [4.78, 5) is 13.2. The van der Waals surface area contributed by atoms with E-state index >= 15 is 0 Å². The number of hydrogen-bond acceptors (Lipinski definition) is 4. The van der Waals surface area contributed by atoms with Gasteiger partial charge in [-0.1, -0.05) is 5.21 Å². The molecule has 2 saturated heterocycles. The number of ether oxygens (including phenoxy) is 1. The quantitative estimate of drug-likeness (QED) is 0.805. The summed E-state index contributed by atoms with van der Waals surface area (Å²) >= 11 is 0. The van der Waals surface area contributed by atoms with Crippen LogP contribution in [-0.4, -0.2) is 58.8 Å². The van der Waals surface area contributed by atoms with E-state index in [1.54, 1.807) is 9.58 Å². The van der Waals surface area contributed by atoms with E-state index in [2.05, 4.69) is 15.6 Å². The fourth-order valence-corrected chi connectivity index (χ4v) is 2.33. The highest BCUT2D eigenvalue weighted by atomic mass is 16.5. The maximum atomic E-state index is 11.4. The highest BCUT2D eigenvalue weighted by Gasteiger charge is 2.22. The van der Waals surface area contributed by atoms with Gasteiger partial charge in [-0.15, -0.1) is 5.10 Å². The van der Waals surface area contributed by atoms with Crippen molar-refractivity contribution in [1.29, 1.82) is 0 Å². The Hall–Kier alpha value is -1.63. The zero-order valence-corrected chi connectivity index (χ0v) is 10.2. The molecule has 0 saturated carbocycles. The van der Waals surface area contributed by atoms with E-state index in [0.717, 1.165) is 38.4 Å². The first kappa shape index (κ1) is 11.5. The van der Waals surface area contributed by atoms with Gasteiger partial charge in [-0.2, -0.15) is 0 Å². The summed E-state index contributed by atoms with van der Waals surface area (Å²) in [5.41, 5.74) is 0.998. The third-order valence-electron chi connectivity index (χ3n) is 3.45. The second-order valence-corrected chi connectivity index (χ2v) is 4.69. The first-order valence-electron chi connectivity index (χ1n) is 6.33. The van der Waals surface area contributed by atoms with Crippen LogP contribution in [0.2, 0.25) is 0 Å². The number of nitrogens with zero attached hydrogens (tertiary/aromatic N) is 4. The number of urea groups is 1. The van der Waals surface area contributed by atoms with Crippen molar-refractivity contribution in [1.82, 2.24) is 25.2 Å². The first-order valence-corrected chi connectivity index (χ1v) is 6.33. The summed E-state index contributed by atoms with van der Waals surface area (Å²) < 4.78 is 7.14. The van der Waals surface area contributed by atoms with Crippen LogP contribution in [-0.2, 0) is 11.3 Å². The van der Waals surface area contributed by atoms with Crippen LogP contribution >= 0.6 is 0 Å². The maximum Gasteiger partial charge on any atom is 0.317 e. The predicted molar refractivity (Wildman–Crippen MR) is 63.2 cm³/mol. The fourth-order valence-electron chi connectivity index (χ4n) is 2.33. The lowest BCUT2D eigenvalue weighted by Crippen LogP contribution is -2.31. The Morgan fingerprint density at radius 2 is 2.44 bits per heavy atom. The molecule has 18 heavy (non-hydrogen) atoms. The number of carbonyl (C=O) groups excluding carboxylic acids is 1. The highest BCUT2D eigenvalue weighted by molar-refractivity contribution is 5.76. The molecule has 0 aliphatic carbocycles. The summed E-state index contributed by atoms with van der Waals surface area (Å²) in [5.74, 6) is 0.383. The molecule has 98 valence electrons. The van der Waals surface area contributed by atoms with Gasteiger partial charge in [-0.25, -0.2) is 4.79 Å². The van der Waals surface area contributed by atoms with Gasteiger partial charge in [0.15, 0.2) is 0 Å². The minimum absolute atomic E-state index is 0.0135. The minimum Gasteiger partial charge on any atom is -0.381 e. The first-order chi connectivity index (χ1) is 8.83. The van der Waals surface area contributed by atoms with Gasteiger partial charge in [-0.05, 0) is 6.42 Å². The molecule has 1 aromatic heterocycles. The third kappa shape index (κ3) is 2.31. The lowest BCUT2D eigenvalue weighted by atomic mass is 10.1. The molecule has 7 nitrogen and oxygen atoms in total. The van der Waals surface area contributed by atoms with Crippen molar-refractivity contribution < 1.29 is 9.53 Å². The second-order valence-electron chi connectivity index (χ2n) is 4.69. The van der Waals surface area contributed by atoms with Crippen LogP contribution in [0, 0.1) is 0 Å². The van der Waals surface area contributed by atoms with E-state index in [9.17, 15) is 4.79 Å². The SMILES string of the molecule is O=C1NCCN1CCn1cc(C2CCOC2)nn1. The molecule has 1 N–H and O–H groups in total. The molecule has 3 rings (SSSR count). The number of amides is 2. The van der Waals surface area contributed by atoms with E-state index in [1.165, 1.54) is 0 Å². The van der Waals surface area contributed by atoms with E-state index < -0.39 is 0 Å². The van der Waals surface area contributed by atoms with Crippen molar-refractivity contribution in [3.63, 3.8) is 0 Å². The van der Waals surface area contributed by atoms with Gasteiger partial charge in [0.2, 0.25) is 0 Å². The third-order valence-corrected chi connectivity index (χ3v) is 3.45. The fraction of sp³-hybridized carbons (Fsp3) is 0.727. The maximum absolute atomic E-state index is 11.4. The monoisotopic (exact) mass is 251 g/mol. The van der Waals surface area contributed by atoms with E-state index in [4.69, 9.17) is 4.74 Å². The zero-order chi connectivity index (χ0) is 12.4. The smallest absolute Gasteiger partial charge is 0.317 e. The summed E-state index contributed by atoms with van der Waals surface area (Å²) in [7, 11) is 0. The summed E-state index contributed by atoms with van der Waals surface area (Å²) in [6, 6.07) is 0.0135. The lowest BCUT2D eigenvalue weighted by molar-refractivity contribution is 0.193. The van der Waals surface area contributed by atoms with Crippen molar-refractivity contribution in [2.24, 2.45) is 0 Å². The number of aromatic nitrogens is 3. The van der Waals surface area contributed by atoms with Gasteiger partial charge >= 0.3 is 6.03 Å². The topological polar surface area (TPSA) is 72.3 Å². The molecular formula is C11H17N5O2. The summed E-state index contributed by atoms with van der Waals surface area (Å²) in [6.45, 7) is 4.43. The molecule has 0 bridgehead atoms. The molecule has 3 heterocycles. The van der Waals surface area contributed by atoms with E-state index in [0.29, 0.717) is 19.0 Å². The Kier molecular flexibility index (Phi) is 3.14. The number of carbonyl (C=O) groups is 1. The molecule has 0 aromatic carbocycles. The molecule has 2 fully saturated rings. The van der Waals surface area contributed by atoms with E-state index in [-0.39, 0.29) is 6.03 Å². The minimum atomic E-state index is 0.0135. The molecule has 7 heteroatoms. The number of nitrogens with one attached hydrogen (secondary N) is 1. The number of hydrogen-bond donors (Lipinski definition) is 1. The average molecular weight is 251 g/mol. The predicted octanol–water partition coefficient (Wildman–Crippen LogP) is -0.193. The Morgan fingerprint density at radius 1 is 1.50 bits per heavy atom. The van der Waals surface area contributed by atoms with Crippen LogP contribution in [0.1, 0.15) is 18.0 Å². The van der Waals surface area contributed by atoms with Crippen LogP contribution in [0.15, 0.2) is 6.20 Å². The van der Waals surface area contributed by atoms with Crippen molar-refractivity contribution in [2.45, 2.75) is 18.9 Å². The largest absolute Gasteiger partial charge is 0.381 e. The Morgan fingerprint density at radius 3 is 3.17 bits per heavy atom. The van der Waals surface area contributed by atoms with Gasteiger partial charge in [0.05, 0.1) is 18.8 Å². The number of rotatable bonds is 4. The molecule has 1 atom stereocenters. The Labute approximate surface area is 105 Å². The van der Waals surface area contributed by atoms with E-state index in [1.807, 2.05) is 6.20 Å². The van der Waals surface area contributed by atoms with Crippen molar-refractivity contribution in [2.75, 3.05) is 32.8 Å². The molecule has 2 aliphatic heterocycles. The Balaban J connectivity index is 1.55. The van der Waals surface area contributed by atoms with Gasteiger partial charge in [-0.3, -0.25) is 4.68 Å². The lowest BCUT2D eigenvalue weighted by Gasteiger charge is -2.13.